The van der Waals surface area contributed by atoms with Gasteiger partial charge < -0.3 is 10.1 Å². The normalized spacial score (nSPS) is 10.6. The zero-order valence-corrected chi connectivity index (χ0v) is 13.1. The zero-order valence-electron chi connectivity index (χ0n) is 13.1. The molecule has 21 heavy (non-hydrogen) atoms. The fraction of sp³-hybridized carbons (Fsp3) is 0.368. The Kier molecular flexibility index (Phi) is 6.29. The molecule has 0 fully saturated rings. The maximum Gasteiger partial charge on any atom is 0.119 e. The molecule has 0 atom stereocenters. The van der Waals surface area contributed by atoms with Crippen LogP contribution < -0.4 is 10.1 Å². The van der Waals surface area contributed by atoms with E-state index in [1.165, 1.54) is 16.7 Å². The molecule has 0 aliphatic rings. The van der Waals surface area contributed by atoms with Gasteiger partial charge in [-0.3, -0.25) is 0 Å². The lowest BCUT2D eigenvalue weighted by Gasteiger charge is -2.08. The third kappa shape index (κ3) is 5.24. The van der Waals surface area contributed by atoms with Crippen molar-refractivity contribution in [2.45, 2.75) is 39.8 Å². The third-order valence-electron chi connectivity index (χ3n) is 3.52. The summed E-state index contributed by atoms with van der Waals surface area (Å²) in [5.41, 5.74) is 3.87. The van der Waals surface area contributed by atoms with Crippen LogP contribution in [0, 0.1) is 0 Å². The van der Waals surface area contributed by atoms with Crippen LogP contribution in [0.2, 0.25) is 0 Å². The molecule has 0 aliphatic heterocycles. The van der Waals surface area contributed by atoms with Gasteiger partial charge in [0.25, 0.3) is 0 Å². The molecule has 2 heteroatoms. The number of hydrogen-bond donors (Lipinski definition) is 1. The van der Waals surface area contributed by atoms with E-state index in [0.717, 1.165) is 31.7 Å². The molecule has 1 N–H and O–H groups in total. The third-order valence-corrected chi connectivity index (χ3v) is 3.52. The second-order valence-corrected chi connectivity index (χ2v) is 5.28. The highest BCUT2D eigenvalue weighted by molar-refractivity contribution is 5.28. The predicted molar refractivity (Wildman–Crippen MR) is 88.6 cm³/mol. The molecule has 0 aromatic heterocycles. The molecule has 0 saturated heterocycles. The Balaban J connectivity index is 1.82. The fourth-order valence-corrected chi connectivity index (χ4v) is 2.15. The number of aryl methyl sites for hydroxylation is 1. The standard InChI is InChI=1S/C19H25NO/c1-3-13-20-14-17-9-11-19(12-10-17)21-15-18-7-5-16(4-2)6-8-18/h5-12,20H,3-4,13-15H2,1-2H3. The quantitative estimate of drug-likeness (QED) is 0.728. The van der Waals surface area contributed by atoms with Crippen molar-refractivity contribution in [1.29, 1.82) is 0 Å². The summed E-state index contributed by atoms with van der Waals surface area (Å²) in [6.45, 7) is 6.95. The SMILES string of the molecule is CCCNCc1ccc(OCc2ccc(CC)cc2)cc1. The number of ether oxygens (including phenoxy) is 1. The van der Waals surface area contributed by atoms with Gasteiger partial charge in [-0.25, -0.2) is 0 Å². The van der Waals surface area contributed by atoms with E-state index in [1.807, 2.05) is 12.1 Å². The van der Waals surface area contributed by atoms with Gasteiger partial charge >= 0.3 is 0 Å². The van der Waals surface area contributed by atoms with Crippen LogP contribution in [-0.2, 0) is 19.6 Å². The number of rotatable bonds is 8. The summed E-state index contributed by atoms with van der Waals surface area (Å²) in [4.78, 5) is 0. The molecule has 2 rings (SSSR count). The number of nitrogens with one attached hydrogen (secondary N) is 1. The molecule has 0 bridgehead atoms. The highest BCUT2D eigenvalue weighted by atomic mass is 16.5. The van der Waals surface area contributed by atoms with Gasteiger partial charge in [-0.2, -0.15) is 0 Å². The molecule has 0 heterocycles. The van der Waals surface area contributed by atoms with Gasteiger partial charge in [0.15, 0.2) is 0 Å². The summed E-state index contributed by atoms with van der Waals surface area (Å²) < 4.78 is 5.83. The van der Waals surface area contributed by atoms with E-state index in [1.54, 1.807) is 0 Å². The van der Waals surface area contributed by atoms with Crippen molar-refractivity contribution in [3.63, 3.8) is 0 Å². The van der Waals surface area contributed by atoms with E-state index in [0.29, 0.717) is 6.61 Å². The lowest BCUT2D eigenvalue weighted by Crippen LogP contribution is -2.13. The maximum absolute atomic E-state index is 5.83. The second-order valence-electron chi connectivity index (χ2n) is 5.28. The molecule has 0 radical (unpaired) electrons. The first-order chi connectivity index (χ1) is 10.3. The Labute approximate surface area is 128 Å². The van der Waals surface area contributed by atoms with Crippen molar-refractivity contribution < 1.29 is 4.74 Å². The van der Waals surface area contributed by atoms with Crippen molar-refractivity contribution in [3.8, 4) is 5.75 Å². The minimum absolute atomic E-state index is 0.622. The van der Waals surface area contributed by atoms with Crippen LogP contribution in [0.5, 0.6) is 5.75 Å². The topological polar surface area (TPSA) is 21.3 Å². The van der Waals surface area contributed by atoms with Crippen LogP contribution in [-0.4, -0.2) is 6.54 Å². The Morgan fingerprint density at radius 1 is 0.810 bits per heavy atom. The van der Waals surface area contributed by atoms with Gasteiger partial charge in [0.05, 0.1) is 0 Å². The van der Waals surface area contributed by atoms with Gasteiger partial charge in [0, 0.05) is 6.54 Å². The molecule has 2 aromatic rings. The number of hydrogen-bond acceptors (Lipinski definition) is 2. The fourth-order valence-electron chi connectivity index (χ4n) is 2.15. The summed E-state index contributed by atoms with van der Waals surface area (Å²) in [5, 5.41) is 3.40. The van der Waals surface area contributed by atoms with Crippen LogP contribution in [0.3, 0.4) is 0 Å². The van der Waals surface area contributed by atoms with E-state index in [4.69, 9.17) is 4.74 Å². The Morgan fingerprint density at radius 2 is 1.43 bits per heavy atom. The lowest BCUT2D eigenvalue weighted by molar-refractivity contribution is 0.306. The molecule has 0 spiro atoms. The first-order valence-corrected chi connectivity index (χ1v) is 7.82. The molecule has 0 amide bonds. The summed E-state index contributed by atoms with van der Waals surface area (Å²) in [7, 11) is 0. The Morgan fingerprint density at radius 3 is 2.05 bits per heavy atom. The molecule has 2 nitrogen and oxygen atoms in total. The first kappa shape index (κ1) is 15.6. The summed E-state index contributed by atoms with van der Waals surface area (Å²) in [6.07, 6.45) is 2.24. The smallest absolute Gasteiger partial charge is 0.119 e. The molecule has 112 valence electrons. The van der Waals surface area contributed by atoms with Crippen LogP contribution in [0.15, 0.2) is 48.5 Å². The minimum Gasteiger partial charge on any atom is -0.489 e. The molecule has 0 aliphatic carbocycles. The van der Waals surface area contributed by atoms with Crippen LogP contribution in [0.1, 0.15) is 37.0 Å². The molecular weight excluding hydrogens is 258 g/mol. The summed E-state index contributed by atoms with van der Waals surface area (Å²) in [5.74, 6) is 0.925. The van der Waals surface area contributed by atoms with E-state index in [-0.39, 0.29) is 0 Å². The monoisotopic (exact) mass is 283 g/mol. The van der Waals surface area contributed by atoms with Crippen LogP contribution in [0.25, 0.3) is 0 Å². The summed E-state index contributed by atoms with van der Waals surface area (Å²) in [6, 6.07) is 17.0. The van der Waals surface area contributed by atoms with Crippen molar-refractivity contribution in [2.24, 2.45) is 0 Å². The van der Waals surface area contributed by atoms with Crippen molar-refractivity contribution in [1.82, 2.24) is 5.32 Å². The molecule has 0 unspecified atom stereocenters. The average molecular weight is 283 g/mol. The zero-order chi connectivity index (χ0) is 14.9. The number of benzene rings is 2. The molecule has 2 aromatic carbocycles. The molecule has 0 saturated carbocycles. The lowest BCUT2D eigenvalue weighted by atomic mass is 10.1. The Hall–Kier alpha value is -1.80. The predicted octanol–water partition coefficient (Wildman–Crippen LogP) is 4.33. The van der Waals surface area contributed by atoms with E-state index < -0.39 is 0 Å². The largest absolute Gasteiger partial charge is 0.489 e. The average Bonchev–Trinajstić information content (AvgIpc) is 2.55. The van der Waals surface area contributed by atoms with Crippen molar-refractivity contribution in [3.05, 3.63) is 65.2 Å². The van der Waals surface area contributed by atoms with Crippen LogP contribution >= 0.6 is 0 Å². The van der Waals surface area contributed by atoms with Gasteiger partial charge in [-0.05, 0) is 48.2 Å². The van der Waals surface area contributed by atoms with E-state index in [9.17, 15) is 0 Å². The second kappa shape index (κ2) is 8.48. The van der Waals surface area contributed by atoms with E-state index >= 15 is 0 Å². The summed E-state index contributed by atoms with van der Waals surface area (Å²) >= 11 is 0. The van der Waals surface area contributed by atoms with Gasteiger partial charge in [0.1, 0.15) is 12.4 Å². The van der Waals surface area contributed by atoms with Gasteiger partial charge in [-0.1, -0.05) is 50.2 Å². The highest BCUT2D eigenvalue weighted by Crippen LogP contribution is 2.14. The van der Waals surface area contributed by atoms with Crippen molar-refractivity contribution >= 4 is 0 Å². The van der Waals surface area contributed by atoms with Crippen molar-refractivity contribution in [2.75, 3.05) is 6.54 Å². The minimum atomic E-state index is 0.622. The van der Waals surface area contributed by atoms with Crippen LogP contribution in [0.4, 0.5) is 0 Å². The first-order valence-electron chi connectivity index (χ1n) is 7.82. The Bertz CT molecular complexity index is 516. The van der Waals surface area contributed by atoms with Gasteiger partial charge in [0.2, 0.25) is 0 Å². The van der Waals surface area contributed by atoms with Gasteiger partial charge in [-0.15, -0.1) is 0 Å². The molecular formula is C19H25NO. The highest BCUT2D eigenvalue weighted by Gasteiger charge is 1.98. The maximum atomic E-state index is 5.83. The van der Waals surface area contributed by atoms with E-state index in [2.05, 4.69) is 55.6 Å².